The quantitative estimate of drug-likeness (QED) is 0.648. The predicted molar refractivity (Wildman–Crippen MR) is 101 cm³/mol. The van der Waals surface area contributed by atoms with Crippen LogP contribution in [0, 0.1) is 0 Å². The number of rotatable bonds is 5. The Bertz CT molecular complexity index is 568. The Hall–Kier alpha value is -1.30. The standard InChI is InChI=1S/C18H28ClN5/c1-3-20-18(22(2)13-15-5-4-6-16(19)11-15)21-12-17-14-23-7-9-24(17)10-8-23/h4-6,11,17H,3,7-10,12-14H2,1-2H3,(H,20,21). The van der Waals surface area contributed by atoms with Gasteiger partial charge in [0.15, 0.2) is 5.96 Å². The Labute approximate surface area is 150 Å². The first-order valence-corrected chi connectivity index (χ1v) is 9.24. The van der Waals surface area contributed by atoms with Gasteiger partial charge in [0, 0.05) is 63.9 Å². The molecule has 3 aliphatic heterocycles. The summed E-state index contributed by atoms with van der Waals surface area (Å²) in [6.07, 6.45) is 0. The van der Waals surface area contributed by atoms with E-state index in [2.05, 4.69) is 40.1 Å². The predicted octanol–water partition coefficient (Wildman–Crippen LogP) is 1.74. The summed E-state index contributed by atoms with van der Waals surface area (Å²) in [5.74, 6) is 0.968. The molecule has 2 bridgehead atoms. The van der Waals surface area contributed by atoms with E-state index in [-0.39, 0.29) is 0 Å². The minimum absolute atomic E-state index is 0.556. The van der Waals surface area contributed by atoms with E-state index in [4.69, 9.17) is 16.6 Å². The molecule has 0 saturated carbocycles. The topological polar surface area (TPSA) is 34.1 Å². The Morgan fingerprint density at radius 2 is 2.12 bits per heavy atom. The van der Waals surface area contributed by atoms with E-state index in [9.17, 15) is 0 Å². The molecule has 5 nitrogen and oxygen atoms in total. The van der Waals surface area contributed by atoms with Crippen molar-refractivity contribution in [2.24, 2.45) is 4.99 Å². The Morgan fingerprint density at radius 1 is 1.33 bits per heavy atom. The molecular formula is C18H28ClN5. The van der Waals surface area contributed by atoms with Gasteiger partial charge in [-0.3, -0.25) is 14.8 Å². The molecule has 24 heavy (non-hydrogen) atoms. The minimum Gasteiger partial charge on any atom is -0.357 e. The minimum atomic E-state index is 0.556. The van der Waals surface area contributed by atoms with Gasteiger partial charge in [-0.25, -0.2) is 0 Å². The maximum absolute atomic E-state index is 6.09. The van der Waals surface area contributed by atoms with Gasteiger partial charge in [-0.15, -0.1) is 0 Å². The molecular weight excluding hydrogens is 322 g/mol. The van der Waals surface area contributed by atoms with E-state index in [1.807, 2.05) is 18.2 Å². The maximum atomic E-state index is 6.09. The summed E-state index contributed by atoms with van der Waals surface area (Å²) in [5, 5.41) is 4.19. The molecule has 3 fully saturated rings. The Balaban J connectivity index is 1.62. The fraction of sp³-hybridized carbons (Fsp3) is 0.611. The number of nitrogens with zero attached hydrogens (tertiary/aromatic N) is 4. The van der Waals surface area contributed by atoms with E-state index >= 15 is 0 Å². The summed E-state index contributed by atoms with van der Waals surface area (Å²) in [5.41, 5.74) is 1.20. The number of hydrogen-bond donors (Lipinski definition) is 1. The zero-order valence-electron chi connectivity index (χ0n) is 14.7. The van der Waals surface area contributed by atoms with Crippen molar-refractivity contribution in [3.63, 3.8) is 0 Å². The van der Waals surface area contributed by atoms with Gasteiger partial charge in [-0.2, -0.15) is 0 Å². The van der Waals surface area contributed by atoms with Gasteiger partial charge in [-0.1, -0.05) is 23.7 Å². The van der Waals surface area contributed by atoms with Crippen molar-refractivity contribution in [3.05, 3.63) is 34.9 Å². The van der Waals surface area contributed by atoms with Crippen LogP contribution in [0.3, 0.4) is 0 Å². The van der Waals surface area contributed by atoms with E-state index in [0.29, 0.717) is 6.04 Å². The number of piperazine rings is 3. The van der Waals surface area contributed by atoms with Crippen LogP contribution in [0.1, 0.15) is 12.5 Å². The van der Waals surface area contributed by atoms with Crippen LogP contribution in [0.25, 0.3) is 0 Å². The molecule has 1 N–H and O–H groups in total. The normalized spacial score (nSPS) is 26.5. The second-order valence-corrected chi connectivity index (χ2v) is 7.11. The molecule has 0 aliphatic carbocycles. The van der Waals surface area contributed by atoms with Crippen LogP contribution in [-0.4, -0.2) is 79.6 Å². The summed E-state index contributed by atoms with van der Waals surface area (Å²) in [7, 11) is 2.08. The van der Waals surface area contributed by atoms with Crippen molar-refractivity contribution >= 4 is 17.6 Å². The van der Waals surface area contributed by atoms with Crippen molar-refractivity contribution in [3.8, 4) is 0 Å². The number of hydrogen-bond acceptors (Lipinski definition) is 3. The van der Waals surface area contributed by atoms with Gasteiger partial charge in [-0.05, 0) is 24.6 Å². The van der Waals surface area contributed by atoms with Gasteiger partial charge in [0.1, 0.15) is 0 Å². The lowest BCUT2D eigenvalue weighted by atomic mass is 10.1. The maximum Gasteiger partial charge on any atom is 0.194 e. The molecule has 3 saturated heterocycles. The van der Waals surface area contributed by atoms with Crippen LogP contribution in [0.2, 0.25) is 5.02 Å². The SMILES string of the molecule is CCNC(=NCC1CN2CCN1CC2)N(C)Cc1cccc(Cl)c1. The highest BCUT2D eigenvalue weighted by Crippen LogP contribution is 2.16. The number of nitrogens with one attached hydrogen (secondary N) is 1. The molecule has 1 aromatic carbocycles. The zero-order valence-corrected chi connectivity index (χ0v) is 15.5. The fourth-order valence-electron chi connectivity index (χ4n) is 3.54. The van der Waals surface area contributed by atoms with Crippen LogP contribution in [0.5, 0.6) is 0 Å². The van der Waals surface area contributed by atoms with Crippen molar-refractivity contribution < 1.29 is 0 Å². The second-order valence-electron chi connectivity index (χ2n) is 6.67. The molecule has 6 heteroatoms. The van der Waals surface area contributed by atoms with Crippen LogP contribution in [0.4, 0.5) is 0 Å². The highest BCUT2D eigenvalue weighted by Gasteiger charge is 2.31. The van der Waals surface area contributed by atoms with Crippen LogP contribution in [0.15, 0.2) is 29.3 Å². The number of benzene rings is 1. The number of aliphatic imine (C=N–C) groups is 1. The van der Waals surface area contributed by atoms with Crippen molar-refractivity contribution in [1.82, 2.24) is 20.0 Å². The summed E-state index contributed by atoms with van der Waals surface area (Å²) in [4.78, 5) is 12.2. The van der Waals surface area contributed by atoms with Crippen molar-refractivity contribution in [2.45, 2.75) is 19.5 Å². The van der Waals surface area contributed by atoms with Crippen molar-refractivity contribution in [2.75, 3.05) is 52.9 Å². The summed E-state index contributed by atoms with van der Waals surface area (Å²) in [6, 6.07) is 8.58. The molecule has 4 rings (SSSR count). The van der Waals surface area contributed by atoms with Gasteiger partial charge in [0.2, 0.25) is 0 Å². The van der Waals surface area contributed by atoms with Gasteiger partial charge in [0.25, 0.3) is 0 Å². The van der Waals surface area contributed by atoms with Crippen LogP contribution >= 0.6 is 11.6 Å². The molecule has 132 valence electrons. The van der Waals surface area contributed by atoms with Crippen LogP contribution < -0.4 is 5.32 Å². The summed E-state index contributed by atoms with van der Waals surface area (Å²) in [6.45, 7) is 10.6. The largest absolute Gasteiger partial charge is 0.357 e. The van der Waals surface area contributed by atoms with Crippen LogP contribution in [-0.2, 0) is 6.54 Å². The molecule has 0 radical (unpaired) electrons. The third kappa shape index (κ3) is 4.41. The van der Waals surface area contributed by atoms with Gasteiger partial charge < -0.3 is 10.2 Å². The zero-order chi connectivity index (χ0) is 16.9. The second kappa shape index (κ2) is 8.19. The average Bonchev–Trinajstić information content (AvgIpc) is 2.59. The number of guanidine groups is 1. The lowest BCUT2D eigenvalue weighted by Crippen LogP contribution is -2.62. The third-order valence-corrected chi connectivity index (χ3v) is 5.08. The average molecular weight is 350 g/mol. The molecule has 1 aromatic rings. The smallest absolute Gasteiger partial charge is 0.194 e. The monoisotopic (exact) mass is 349 g/mol. The molecule has 0 spiro atoms. The Kier molecular flexibility index (Phi) is 5.98. The lowest BCUT2D eigenvalue weighted by molar-refractivity contribution is 0.0173. The van der Waals surface area contributed by atoms with E-state index < -0.39 is 0 Å². The molecule has 0 aromatic heterocycles. The first-order chi connectivity index (χ1) is 11.7. The molecule has 3 aliphatic rings. The summed E-state index contributed by atoms with van der Waals surface area (Å²) >= 11 is 6.09. The third-order valence-electron chi connectivity index (χ3n) is 4.85. The number of fused-ring (bicyclic) bond motifs is 3. The van der Waals surface area contributed by atoms with E-state index in [0.717, 1.165) is 37.2 Å². The number of halogens is 1. The molecule has 1 unspecified atom stereocenters. The highest BCUT2D eigenvalue weighted by molar-refractivity contribution is 6.30. The first-order valence-electron chi connectivity index (χ1n) is 8.86. The van der Waals surface area contributed by atoms with Gasteiger partial charge in [0.05, 0.1) is 6.54 Å². The van der Waals surface area contributed by atoms with Crippen molar-refractivity contribution in [1.29, 1.82) is 0 Å². The van der Waals surface area contributed by atoms with E-state index in [1.54, 1.807) is 0 Å². The molecule has 0 amide bonds. The fourth-order valence-corrected chi connectivity index (χ4v) is 3.76. The highest BCUT2D eigenvalue weighted by atomic mass is 35.5. The molecule has 3 heterocycles. The first kappa shape index (κ1) is 17.5. The van der Waals surface area contributed by atoms with E-state index in [1.165, 1.54) is 31.7 Å². The lowest BCUT2D eigenvalue weighted by Gasteiger charge is -2.47. The van der Waals surface area contributed by atoms with Gasteiger partial charge >= 0.3 is 0 Å². The molecule has 1 atom stereocenters. The summed E-state index contributed by atoms with van der Waals surface area (Å²) < 4.78 is 0. The Morgan fingerprint density at radius 3 is 2.75 bits per heavy atom.